The Bertz CT molecular complexity index is 1020. The third-order valence-corrected chi connectivity index (χ3v) is 8.69. The van der Waals surface area contributed by atoms with Gasteiger partial charge in [0, 0.05) is 44.8 Å². The van der Waals surface area contributed by atoms with E-state index in [4.69, 9.17) is 4.74 Å². The molecule has 2 unspecified atom stereocenters. The van der Waals surface area contributed by atoms with Crippen molar-refractivity contribution >= 4 is 21.8 Å². The van der Waals surface area contributed by atoms with Gasteiger partial charge in [-0.2, -0.15) is 8.42 Å². The van der Waals surface area contributed by atoms with Crippen LogP contribution in [0.15, 0.2) is 33.6 Å². The first kappa shape index (κ1) is 22.8. The molecule has 0 spiro atoms. The number of carbonyl (C=O) groups is 1. The lowest BCUT2D eigenvalue weighted by Crippen LogP contribution is -2.51. The molecule has 1 aromatic rings. The molecule has 0 aromatic heterocycles. The molecular formula is C24H34N4O4S. The molecule has 5 rings (SSSR count). The molecule has 4 aliphatic heterocycles. The number of amides is 1. The third-order valence-electron chi connectivity index (χ3n) is 7.36. The summed E-state index contributed by atoms with van der Waals surface area (Å²) in [4.78, 5) is 20.1. The fourth-order valence-corrected chi connectivity index (χ4v) is 7.13. The summed E-state index contributed by atoms with van der Waals surface area (Å²) in [7, 11) is -3.69. The number of morpholine rings is 1. The van der Waals surface area contributed by atoms with Crippen molar-refractivity contribution < 1.29 is 17.9 Å². The van der Waals surface area contributed by atoms with Crippen molar-refractivity contribution in [3.63, 3.8) is 0 Å². The minimum absolute atomic E-state index is 0.115. The van der Waals surface area contributed by atoms with Crippen molar-refractivity contribution in [1.29, 1.82) is 0 Å². The van der Waals surface area contributed by atoms with Crippen LogP contribution in [0.2, 0.25) is 0 Å². The maximum Gasteiger partial charge on any atom is 0.285 e. The number of rotatable bonds is 3. The highest BCUT2D eigenvalue weighted by Crippen LogP contribution is 2.32. The van der Waals surface area contributed by atoms with Crippen LogP contribution in [-0.2, 0) is 19.6 Å². The predicted octanol–water partition coefficient (Wildman–Crippen LogP) is 1.95. The molecule has 3 saturated heterocycles. The van der Waals surface area contributed by atoms with Crippen LogP contribution in [0.4, 0.5) is 0 Å². The first-order valence-electron chi connectivity index (χ1n) is 12.2. The summed E-state index contributed by atoms with van der Waals surface area (Å²) in [6, 6.07) is 6.58. The van der Waals surface area contributed by atoms with Gasteiger partial charge in [0.15, 0.2) is 5.84 Å². The number of hydrogen-bond donors (Lipinski definition) is 0. The Balaban J connectivity index is 1.22. The molecule has 0 aliphatic carbocycles. The first-order valence-corrected chi connectivity index (χ1v) is 13.6. The number of likely N-dealkylation sites (tertiary alicyclic amines) is 2. The van der Waals surface area contributed by atoms with E-state index in [1.165, 1.54) is 0 Å². The molecule has 33 heavy (non-hydrogen) atoms. The van der Waals surface area contributed by atoms with Gasteiger partial charge in [-0.15, -0.1) is 4.40 Å². The van der Waals surface area contributed by atoms with Crippen molar-refractivity contribution in [2.45, 2.75) is 62.7 Å². The van der Waals surface area contributed by atoms with Crippen LogP contribution < -0.4 is 0 Å². The van der Waals surface area contributed by atoms with E-state index in [2.05, 4.69) is 23.1 Å². The zero-order valence-electron chi connectivity index (χ0n) is 19.5. The minimum Gasteiger partial charge on any atom is -0.373 e. The zero-order chi connectivity index (χ0) is 23.2. The number of piperidine rings is 1. The maximum atomic E-state index is 13.5. The monoisotopic (exact) mass is 474 g/mol. The number of benzene rings is 1. The average molecular weight is 475 g/mol. The molecular weight excluding hydrogens is 440 g/mol. The molecule has 0 saturated carbocycles. The number of carbonyl (C=O) groups excluding carboxylic acids is 1. The highest BCUT2D eigenvalue weighted by molar-refractivity contribution is 7.90. The summed E-state index contributed by atoms with van der Waals surface area (Å²) in [6.45, 7) is 9.49. The molecule has 180 valence electrons. The molecule has 3 fully saturated rings. The van der Waals surface area contributed by atoms with Gasteiger partial charge in [-0.25, -0.2) is 0 Å². The van der Waals surface area contributed by atoms with Gasteiger partial charge in [0.05, 0.1) is 12.2 Å². The second-order valence-electron chi connectivity index (χ2n) is 9.98. The van der Waals surface area contributed by atoms with Crippen LogP contribution in [0.1, 0.15) is 45.1 Å². The molecule has 3 atom stereocenters. The molecule has 4 aliphatic rings. The summed E-state index contributed by atoms with van der Waals surface area (Å²) in [6.07, 6.45) is 4.17. The van der Waals surface area contributed by atoms with E-state index in [-0.39, 0.29) is 29.1 Å². The molecule has 0 N–H and O–H groups in total. The van der Waals surface area contributed by atoms with Gasteiger partial charge < -0.3 is 14.5 Å². The Morgan fingerprint density at radius 2 is 1.76 bits per heavy atom. The Kier molecular flexibility index (Phi) is 6.22. The van der Waals surface area contributed by atoms with Gasteiger partial charge in [-0.1, -0.05) is 12.1 Å². The van der Waals surface area contributed by atoms with Gasteiger partial charge in [0.2, 0.25) is 5.91 Å². The SMILES string of the molecule is CC1CN(CC2CCN(C(=O)[C@@H]3CCCN3C3=NS(=O)(=O)c4ccccc43)CC2)CC(C)O1. The molecule has 0 bridgehead atoms. The highest BCUT2D eigenvalue weighted by Gasteiger charge is 2.41. The van der Waals surface area contributed by atoms with Crippen molar-refractivity contribution in [3.8, 4) is 0 Å². The highest BCUT2D eigenvalue weighted by atomic mass is 32.2. The van der Waals surface area contributed by atoms with Crippen LogP contribution in [0.3, 0.4) is 0 Å². The van der Waals surface area contributed by atoms with Gasteiger partial charge in [-0.3, -0.25) is 9.69 Å². The normalized spacial score (nSPS) is 30.4. The second kappa shape index (κ2) is 9.00. The van der Waals surface area contributed by atoms with Crippen molar-refractivity contribution in [3.05, 3.63) is 29.8 Å². The second-order valence-corrected chi connectivity index (χ2v) is 11.6. The Morgan fingerprint density at radius 1 is 1.06 bits per heavy atom. The smallest absolute Gasteiger partial charge is 0.285 e. The number of sulfonamides is 1. The van der Waals surface area contributed by atoms with Gasteiger partial charge in [0.1, 0.15) is 10.9 Å². The van der Waals surface area contributed by atoms with Crippen molar-refractivity contribution in [2.24, 2.45) is 10.3 Å². The molecule has 4 heterocycles. The summed E-state index contributed by atoms with van der Waals surface area (Å²) < 4.78 is 35.0. The Hall–Kier alpha value is -1.97. The fourth-order valence-electron chi connectivity index (χ4n) is 5.92. The van der Waals surface area contributed by atoms with Gasteiger partial charge >= 0.3 is 0 Å². The quantitative estimate of drug-likeness (QED) is 0.666. The molecule has 1 amide bonds. The maximum absolute atomic E-state index is 13.5. The first-order chi connectivity index (χ1) is 15.8. The predicted molar refractivity (Wildman–Crippen MR) is 126 cm³/mol. The van der Waals surface area contributed by atoms with Crippen molar-refractivity contribution in [2.75, 3.05) is 39.3 Å². The number of hydrogen-bond acceptors (Lipinski definition) is 6. The number of amidine groups is 1. The molecule has 1 aromatic carbocycles. The molecule has 9 heteroatoms. The largest absolute Gasteiger partial charge is 0.373 e. The van der Waals surface area contributed by atoms with Crippen LogP contribution in [-0.4, -0.2) is 92.4 Å². The summed E-state index contributed by atoms with van der Waals surface area (Å²) in [5.41, 5.74) is 0.616. The van der Waals surface area contributed by atoms with Crippen LogP contribution >= 0.6 is 0 Å². The van der Waals surface area contributed by atoms with Crippen LogP contribution in [0.5, 0.6) is 0 Å². The van der Waals surface area contributed by atoms with Crippen LogP contribution in [0.25, 0.3) is 0 Å². The lowest BCUT2D eigenvalue weighted by atomic mass is 9.95. The summed E-state index contributed by atoms with van der Waals surface area (Å²) in [5.74, 6) is 1.15. The molecule has 8 nitrogen and oxygen atoms in total. The Labute approximate surface area is 196 Å². The third kappa shape index (κ3) is 4.55. The van der Waals surface area contributed by atoms with E-state index < -0.39 is 10.0 Å². The zero-order valence-corrected chi connectivity index (χ0v) is 20.3. The minimum atomic E-state index is -3.69. The fraction of sp³-hybridized carbons (Fsp3) is 0.667. The van der Waals surface area contributed by atoms with E-state index in [0.717, 1.165) is 58.4 Å². The number of fused-ring (bicyclic) bond motifs is 1. The number of ether oxygens (including phenoxy) is 1. The lowest BCUT2D eigenvalue weighted by molar-refractivity contribution is -0.136. The van der Waals surface area contributed by atoms with Gasteiger partial charge in [-0.05, 0) is 57.6 Å². The van der Waals surface area contributed by atoms with Gasteiger partial charge in [0.25, 0.3) is 10.0 Å². The Morgan fingerprint density at radius 3 is 2.48 bits per heavy atom. The summed E-state index contributed by atoms with van der Waals surface area (Å²) in [5, 5.41) is 0. The summed E-state index contributed by atoms with van der Waals surface area (Å²) >= 11 is 0. The van der Waals surface area contributed by atoms with E-state index >= 15 is 0 Å². The van der Waals surface area contributed by atoms with E-state index in [1.807, 2.05) is 15.9 Å². The van der Waals surface area contributed by atoms with Crippen LogP contribution in [0, 0.1) is 5.92 Å². The van der Waals surface area contributed by atoms with E-state index in [1.54, 1.807) is 18.2 Å². The standard InChI is InChI=1S/C24H34N4O4S/c1-17-14-26(15-18(2)32-17)16-19-9-12-27(13-10-19)24(29)21-7-5-11-28(21)23-20-6-3-4-8-22(20)33(30,31)25-23/h3-4,6,8,17-19,21H,5,7,9-16H2,1-2H3/t17?,18?,21-/m0/s1. The topological polar surface area (TPSA) is 82.5 Å². The van der Waals surface area contributed by atoms with E-state index in [9.17, 15) is 13.2 Å². The van der Waals surface area contributed by atoms with Crippen molar-refractivity contribution in [1.82, 2.24) is 14.7 Å². The number of nitrogens with zero attached hydrogens (tertiary/aromatic N) is 4. The average Bonchev–Trinajstić information content (AvgIpc) is 3.36. The van der Waals surface area contributed by atoms with E-state index in [0.29, 0.717) is 23.9 Å². The molecule has 0 radical (unpaired) electrons. The lowest BCUT2D eigenvalue weighted by Gasteiger charge is -2.40.